The second kappa shape index (κ2) is 10.5. The molecule has 2 aromatic heterocycles. The first kappa shape index (κ1) is 22.9. The number of fused-ring (bicyclic) bond motifs is 1. The predicted octanol–water partition coefficient (Wildman–Crippen LogP) is 4.84. The molecular weight excluding hydrogens is 499 g/mol. The van der Waals surface area contributed by atoms with Crippen LogP contribution < -0.4 is 10.6 Å². The second-order valence-electron chi connectivity index (χ2n) is 7.40. The Morgan fingerprint density at radius 1 is 1.03 bits per heavy atom. The fourth-order valence-electron chi connectivity index (χ4n) is 3.64. The van der Waals surface area contributed by atoms with Crippen molar-refractivity contribution in [3.05, 3.63) is 83.3 Å². The van der Waals surface area contributed by atoms with Gasteiger partial charge in [0.25, 0.3) is 0 Å². The third kappa shape index (κ3) is 5.46. The number of guanidine groups is 1. The fourth-order valence-corrected chi connectivity index (χ4v) is 3.64. The third-order valence-corrected chi connectivity index (χ3v) is 5.01. The van der Waals surface area contributed by atoms with E-state index in [0.717, 1.165) is 46.4 Å². The molecule has 0 atom stereocenters. The third-order valence-electron chi connectivity index (χ3n) is 5.01. The number of aryl methyl sites for hydroxylation is 2. The lowest BCUT2D eigenvalue weighted by Crippen LogP contribution is -2.36. The van der Waals surface area contributed by atoms with Crippen LogP contribution in [0.4, 0.5) is 0 Å². The Labute approximate surface area is 200 Å². The zero-order valence-corrected chi connectivity index (χ0v) is 20.5. The van der Waals surface area contributed by atoms with Gasteiger partial charge in [0.05, 0.1) is 24.5 Å². The molecule has 4 rings (SSSR count). The van der Waals surface area contributed by atoms with Gasteiger partial charge in [0.1, 0.15) is 0 Å². The first-order valence-corrected chi connectivity index (χ1v) is 10.3. The summed E-state index contributed by atoms with van der Waals surface area (Å²) < 4.78 is 1.99. The van der Waals surface area contributed by atoms with Crippen LogP contribution in [0.2, 0.25) is 0 Å². The van der Waals surface area contributed by atoms with Crippen LogP contribution in [0.5, 0.6) is 0 Å². The van der Waals surface area contributed by atoms with Gasteiger partial charge in [-0.3, -0.25) is 0 Å². The normalized spacial score (nSPS) is 11.4. The number of benzene rings is 2. The Morgan fingerprint density at radius 2 is 1.81 bits per heavy atom. The van der Waals surface area contributed by atoms with Crippen LogP contribution in [0, 0.1) is 13.8 Å². The van der Waals surface area contributed by atoms with Gasteiger partial charge < -0.3 is 15.6 Å². The second-order valence-corrected chi connectivity index (χ2v) is 7.40. The van der Waals surface area contributed by atoms with Gasteiger partial charge in [-0.05, 0) is 56.0 Å². The summed E-state index contributed by atoms with van der Waals surface area (Å²) in [5.74, 6) is 0.791. The van der Waals surface area contributed by atoms with E-state index < -0.39 is 0 Å². The highest BCUT2D eigenvalue weighted by Gasteiger charge is 2.09. The number of nitrogens with one attached hydrogen (secondary N) is 3. The number of aliphatic imine (C=N–C) groups is 1. The largest absolute Gasteiger partial charge is 0.357 e. The average molecular weight is 528 g/mol. The molecule has 0 aliphatic rings. The highest BCUT2D eigenvalue weighted by atomic mass is 127. The molecule has 162 valence electrons. The van der Waals surface area contributed by atoms with Gasteiger partial charge in [0, 0.05) is 23.4 Å². The molecule has 0 bridgehead atoms. The summed E-state index contributed by atoms with van der Waals surface area (Å²) in [4.78, 5) is 8.26. The lowest BCUT2D eigenvalue weighted by Gasteiger charge is -2.13. The van der Waals surface area contributed by atoms with Crippen molar-refractivity contribution in [1.29, 1.82) is 0 Å². The zero-order chi connectivity index (χ0) is 20.9. The molecule has 31 heavy (non-hydrogen) atoms. The van der Waals surface area contributed by atoms with E-state index in [9.17, 15) is 0 Å². The van der Waals surface area contributed by atoms with Crippen LogP contribution in [0.1, 0.15) is 29.6 Å². The molecule has 0 radical (unpaired) electrons. The topological polar surface area (TPSA) is 70.0 Å². The Bertz CT molecular complexity index is 1140. The smallest absolute Gasteiger partial charge is 0.191 e. The number of nitrogens with zero attached hydrogens (tertiary/aromatic N) is 3. The van der Waals surface area contributed by atoms with E-state index in [2.05, 4.69) is 77.0 Å². The Balaban J connectivity index is 0.00000272. The molecule has 0 unspecified atom stereocenters. The van der Waals surface area contributed by atoms with Crippen LogP contribution in [0.3, 0.4) is 0 Å². The highest BCUT2D eigenvalue weighted by Crippen LogP contribution is 2.18. The van der Waals surface area contributed by atoms with Gasteiger partial charge in [0.15, 0.2) is 5.96 Å². The predicted molar refractivity (Wildman–Crippen MR) is 138 cm³/mol. The number of para-hydroxylation sites is 2. The Morgan fingerprint density at radius 3 is 2.55 bits per heavy atom. The van der Waals surface area contributed by atoms with E-state index in [4.69, 9.17) is 4.99 Å². The minimum absolute atomic E-state index is 0. The number of hydrogen-bond donors (Lipinski definition) is 3. The summed E-state index contributed by atoms with van der Waals surface area (Å²) in [6.07, 6.45) is 0. The van der Waals surface area contributed by atoms with Crippen molar-refractivity contribution in [3.8, 4) is 5.69 Å². The number of halogens is 1. The summed E-state index contributed by atoms with van der Waals surface area (Å²) in [5.41, 5.74) is 6.61. The highest BCUT2D eigenvalue weighted by molar-refractivity contribution is 14.0. The summed E-state index contributed by atoms with van der Waals surface area (Å²) in [5, 5.41) is 12.6. The van der Waals surface area contributed by atoms with E-state index in [1.165, 1.54) is 5.39 Å². The van der Waals surface area contributed by atoms with Gasteiger partial charge >= 0.3 is 0 Å². The molecule has 0 amide bonds. The number of aromatic amines is 1. The molecule has 0 saturated carbocycles. The maximum Gasteiger partial charge on any atom is 0.191 e. The number of hydrogen-bond acceptors (Lipinski definition) is 2. The summed E-state index contributed by atoms with van der Waals surface area (Å²) in [6, 6.07) is 20.9. The Hall–Kier alpha value is -2.81. The van der Waals surface area contributed by atoms with E-state index >= 15 is 0 Å². The van der Waals surface area contributed by atoms with Crippen LogP contribution >= 0.6 is 24.0 Å². The molecular formula is C24H29IN6. The van der Waals surface area contributed by atoms with Gasteiger partial charge in [-0.1, -0.05) is 36.4 Å². The molecule has 6 nitrogen and oxygen atoms in total. The lowest BCUT2D eigenvalue weighted by atomic mass is 10.2. The fraction of sp³-hybridized carbons (Fsp3) is 0.250. The van der Waals surface area contributed by atoms with Crippen LogP contribution in [0.15, 0.2) is 65.7 Å². The standard InChI is InChI=1S/C24H28N6.HI/c1-4-25-24(27-16-21-14-19-9-5-7-11-22(19)28-21)26-15-20-10-6-8-12-23(20)30-18(3)13-17(2)29-30;/h5-14,28H,4,15-16H2,1-3H3,(H2,25,26,27);1H. The molecule has 2 aromatic carbocycles. The summed E-state index contributed by atoms with van der Waals surface area (Å²) >= 11 is 0. The first-order valence-electron chi connectivity index (χ1n) is 10.3. The van der Waals surface area contributed by atoms with Gasteiger partial charge in [-0.25, -0.2) is 9.67 Å². The van der Waals surface area contributed by atoms with Crippen molar-refractivity contribution in [3.63, 3.8) is 0 Å². The minimum atomic E-state index is 0. The monoisotopic (exact) mass is 528 g/mol. The van der Waals surface area contributed by atoms with Crippen LogP contribution in [0.25, 0.3) is 16.6 Å². The van der Waals surface area contributed by atoms with Crippen molar-refractivity contribution in [2.75, 3.05) is 6.54 Å². The van der Waals surface area contributed by atoms with Crippen molar-refractivity contribution in [2.45, 2.75) is 33.9 Å². The SMILES string of the molecule is CCNC(=NCc1ccccc1-n1nc(C)cc1C)NCc1cc2ccccc2[nH]1.I. The van der Waals surface area contributed by atoms with Crippen LogP contribution in [-0.2, 0) is 13.1 Å². The van der Waals surface area contributed by atoms with Crippen molar-refractivity contribution in [1.82, 2.24) is 25.4 Å². The molecule has 0 saturated heterocycles. The average Bonchev–Trinajstić information content (AvgIpc) is 3.32. The van der Waals surface area contributed by atoms with E-state index in [1.807, 2.05) is 29.8 Å². The minimum Gasteiger partial charge on any atom is -0.357 e. The lowest BCUT2D eigenvalue weighted by molar-refractivity contribution is 0.795. The molecule has 2 heterocycles. The van der Waals surface area contributed by atoms with E-state index in [1.54, 1.807) is 0 Å². The Kier molecular flexibility index (Phi) is 7.73. The molecule has 0 spiro atoms. The molecule has 7 heteroatoms. The maximum absolute atomic E-state index is 4.81. The van der Waals surface area contributed by atoms with E-state index in [-0.39, 0.29) is 24.0 Å². The number of rotatable bonds is 6. The summed E-state index contributed by atoms with van der Waals surface area (Å²) in [7, 11) is 0. The number of H-pyrrole nitrogens is 1. The summed E-state index contributed by atoms with van der Waals surface area (Å²) in [6.45, 7) is 8.21. The van der Waals surface area contributed by atoms with Gasteiger partial charge in [-0.2, -0.15) is 5.10 Å². The van der Waals surface area contributed by atoms with Crippen molar-refractivity contribution in [2.24, 2.45) is 4.99 Å². The molecule has 0 aliphatic carbocycles. The van der Waals surface area contributed by atoms with Gasteiger partial charge in [0.2, 0.25) is 0 Å². The van der Waals surface area contributed by atoms with Crippen molar-refractivity contribution >= 4 is 40.8 Å². The number of aromatic nitrogens is 3. The molecule has 4 aromatic rings. The first-order chi connectivity index (χ1) is 14.6. The quantitative estimate of drug-likeness (QED) is 0.191. The molecule has 0 fully saturated rings. The molecule has 0 aliphatic heterocycles. The maximum atomic E-state index is 4.81. The van der Waals surface area contributed by atoms with Gasteiger partial charge in [-0.15, -0.1) is 24.0 Å². The van der Waals surface area contributed by atoms with Crippen LogP contribution in [-0.4, -0.2) is 27.3 Å². The molecule has 3 N–H and O–H groups in total. The zero-order valence-electron chi connectivity index (χ0n) is 18.1. The van der Waals surface area contributed by atoms with E-state index in [0.29, 0.717) is 13.1 Å². The van der Waals surface area contributed by atoms with Crippen molar-refractivity contribution < 1.29 is 0 Å².